The van der Waals surface area contributed by atoms with Crippen molar-refractivity contribution in [2.75, 3.05) is 19.0 Å². The van der Waals surface area contributed by atoms with Gasteiger partial charge in [-0.25, -0.2) is 0 Å². The summed E-state index contributed by atoms with van der Waals surface area (Å²) in [6.45, 7) is 2.08. The predicted octanol–water partition coefficient (Wildman–Crippen LogP) is 2.36. The number of benzene rings is 1. The van der Waals surface area contributed by atoms with Crippen LogP contribution in [0.2, 0.25) is 0 Å². The molecule has 1 rings (SSSR count). The summed E-state index contributed by atoms with van der Waals surface area (Å²) < 4.78 is 5.24. The zero-order chi connectivity index (χ0) is 13.4. The number of amides is 1. The molecule has 4 heteroatoms. The third kappa shape index (κ3) is 4.04. The molecule has 0 heterocycles. The molecule has 18 heavy (non-hydrogen) atoms. The summed E-state index contributed by atoms with van der Waals surface area (Å²) in [5, 5.41) is 11.9. The summed E-state index contributed by atoms with van der Waals surface area (Å²) in [6, 6.07) is 5.49. The number of methoxy groups -OCH3 is 1. The van der Waals surface area contributed by atoms with Crippen LogP contribution in [0.25, 0.3) is 0 Å². The number of ether oxygens (including phenoxy) is 1. The van der Waals surface area contributed by atoms with Crippen molar-refractivity contribution in [3.05, 3.63) is 23.8 Å². The number of hydrogen-bond acceptors (Lipinski definition) is 3. The maximum absolute atomic E-state index is 11.7. The minimum Gasteiger partial charge on any atom is -0.496 e. The maximum Gasteiger partial charge on any atom is 0.224 e. The second-order valence-electron chi connectivity index (χ2n) is 4.11. The fourth-order valence-electron chi connectivity index (χ4n) is 1.79. The smallest absolute Gasteiger partial charge is 0.224 e. The van der Waals surface area contributed by atoms with Gasteiger partial charge in [-0.3, -0.25) is 4.79 Å². The summed E-state index contributed by atoms with van der Waals surface area (Å²) in [7, 11) is 1.58. The Morgan fingerprint density at radius 3 is 2.83 bits per heavy atom. The highest BCUT2D eigenvalue weighted by Gasteiger charge is 2.10. The molecule has 0 fully saturated rings. The largest absolute Gasteiger partial charge is 0.496 e. The zero-order valence-electron chi connectivity index (χ0n) is 11.0. The molecule has 0 aromatic heterocycles. The first-order chi connectivity index (χ1) is 8.72. The lowest BCUT2D eigenvalue weighted by molar-refractivity contribution is -0.116. The van der Waals surface area contributed by atoms with Crippen LogP contribution in [0.1, 0.15) is 31.7 Å². The monoisotopic (exact) mass is 251 g/mol. The highest BCUT2D eigenvalue weighted by atomic mass is 16.5. The molecule has 1 aromatic carbocycles. The van der Waals surface area contributed by atoms with Gasteiger partial charge in [-0.05, 0) is 18.6 Å². The molecular weight excluding hydrogens is 230 g/mol. The Labute approximate surface area is 108 Å². The van der Waals surface area contributed by atoms with Gasteiger partial charge in [-0.1, -0.05) is 19.4 Å². The van der Waals surface area contributed by atoms with Crippen molar-refractivity contribution in [3.63, 3.8) is 0 Å². The van der Waals surface area contributed by atoms with Crippen molar-refractivity contribution in [1.29, 1.82) is 0 Å². The van der Waals surface area contributed by atoms with Gasteiger partial charge < -0.3 is 15.2 Å². The summed E-state index contributed by atoms with van der Waals surface area (Å²) >= 11 is 0. The Bertz CT molecular complexity index is 391. The van der Waals surface area contributed by atoms with E-state index in [1.807, 2.05) is 18.2 Å². The van der Waals surface area contributed by atoms with Gasteiger partial charge in [0.1, 0.15) is 5.75 Å². The Morgan fingerprint density at radius 1 is 1.44 bits per heavy atom. The van der Waals surface area contributed by atoms with Crippen molar-refractivity contribution >= 4 is 11.6 Å². The predicted molar refractivity (Wildman–Crippen MR) is 71.9 cm³/mol. The molecule has 100 valence electrons. The van der Waals surface area contributed by atoms with Gasteiger partial charge in [0, 0.05) is 30.7 Å². The van der Waals surface area contributed by atoms with Crippen LogP contribution in [0.4, 0.5) is 5.69 Å². The van der Waals surface area contributed by atoms with Gasteiger partial charge in [0.25, 0.3) is 0 Å². The normalized spacial score (nSPS) is 10.2. The summed E-state index contributed by atoms with van der Waals surface area (Å²) in [6.07, 6.45) is 2.86. The molecule has 0 spiro atoms. The number of nitrogens with one attached hydrogen (secondary N) is 1. The molecule has 0 saturated carbocycles. The van der Waals surface area contributed by atoms with E-state index in [1.54, 1.807) is 7.11 Å². The molecule has 0 aliphatic carbocycles. The number of carbonyl (C=O) groups excluding carboxylic acids is 1. The lowest BCUT2D eigenvalue weighted by Gasteiger charge is -2.14. The third-order valence-electron chi connectivity index (χ3n) is 2.75. The van der Waals surface area contributed by atoms with Crippen molar-refractivity contribution in [1.82, 2.24) is 0 Å². The first-order valence-electron chi connectivity index (χ1n) is 6.29. The van der Waals surface area contributed by atoms with Crippen LogP contribution >= 0.6 is 0 Å². The standard InChI is InChI=1S/C14H21NO3/c1-3-4-8-14(17)15-12-6-5-7-13(18-2)11(12)9-10-16/h5-7,16H,3-4,8-10H2,1-2H3,(H,15,17). The maximum atomic E-state index is 11.7. The van der Waals surface area contributed by atoms with E-state index in [4.69, 9.17) is 9.84 Å². The second-order valence-corrected chi connectivity index (χ2v) is 4.11. The first kappa shape index (κ1) is 14.5. The fourth-order valence-corrected chi connectivity index (χ4v) is 1.79. The average molecular weight is 251 g/mol. The molecule has 0 atom stereocenters. The number of unbranched alkanes of at least 4 members (excludes halogenated alkanes) is 1. The number of hydrogen-bond donors (Lipinski definition) is 2. The van der Waals surface area contributed by atoms with Gasteiger partial charge in [-0.15, -0.1) is 0 Å². The number of anilines is 1. The molecule has 1 aromatic rings. The molecular formula is C14H21NO3. The van der Waals surface area contributed by atoms with Crippen molar-refractivity contribution in [2.45, 2.75) is 32.6 Å². The van der Waals surface area contributed by atoms with E-state index in [0.29, 0.717) is 18.6 Å². The molecule has 1 amide bonds. The van der Waals surface area contributed by atoms with E-state index in [-0.39, 0.29) is 12.5 Å². The van der Waals surface area contributed by atoms with Crippen LogP contribution in [0.3, 0.4) is 0 Å². The summed E-state index contributed by atoms with van der Waals surface area (Å²) in [4.78, 5) is 11.7. The second kappa shape index (κ2) is 7.71. The molecule has 0 saturated heterocycles. The van der Waals surface area contributed by atoms with E-state index in [0.717, 1.165) is 24.1 Å². The van der Waals surface area contributed by atoms with Gasteiger partial charge in [-0.2, -0.15) is 0 Å². The summed E-state index contributed by atoms with van der Waals surface area (Å²) in [5.41, 5.74) is 1.57. The average Bonchev–Trinajstić information content (AvgIpc) is 2.38. The minimum atomic E-state index is 0.00397. The molecule has 0 bridgehead atoms. The van der Waals surface area contributed by atoms with Crippen LogP contribution in [0, 0.1) is 0 Å². The Hall–Kier alpha value is -1.55. The van der Waals surface area contributed by atoms with Crippen LogP contribution in [-0.2, 0) is 11.2 Å². The molecule has 0 radical (unpaired) electrons. The molecule has 0 aliphatic heterocycles. The third-order valence-corrected chi connectivity index (χ3v) is 2.75. The topological polar surface area (TPSA) is 58.6 Å². The van der Waals surface area contributed by atoms with E-state index >= 15 is 0 Å². The number of rotatable bonds is 7. The van der Waals surface area contributed by atoms with Crippen LogP contribution in [0.5, 0.6) is 5.75 Å². The molecule has 2 N–H and O–H groups in total. The Balaban J connectivity index is 2.83. The minimum absolute atomic E-state index is 0.00397. The van der Waals surface area contributed by atoms with Crippen molar-refractivity contribution < 1.29 is 14.6 Å². The molecule has 0 unspecified atom stereocenters. The van der Waals surface area contributed by atoms with Gasteiger partial charge in [0.2, 0.25) is 5.91 Å². The Kier molecular flexibility index (Phi) is 6.22. The van der Waals surface area contributed by atoms with Gasteiger partial charge in [0.05, 0.1) is 7.11 Å². The fraction of sp³-hybridized carbons (Fsp3) is 0.500. The van der Waals surface area contributed by atoms with Gasteiger partial charge >= 0.3 is 0 Å². The van der Waals surface area contributed by atoms with Crippen LogP contribution in [0.15, 0.2) is 18.2 Å². The highest BCUT2D eigenvalue weighted by molar-refractivity contribution is 5.91. The SMILES string of the molecule is CCCCC(=O)Nc1cccc(OC)c1CCO. The van der Waals surface area contributed by atoms with Crippen molar-refractivity contribution in [2.24, 2.45) is 0 Å². The van der Waals surface area contributed by atoms with Crippen LogP contribution in [-0.4, -0.2) is 24.7 Å². The molecule has 4 nitrogen and oxygen atoms in total. The quantitative estimate of drug-likeness (QED) is 0.782. The van der Waals surface area contributed by atoms with Crippen molar-refractivity contribution in [3.8, 4) is 5.75 Å². The lowest BCUT2D eigenvalue weighted by Crippen LogP contribution is -2.13. The van der Waals surface area contributed by atoms with Gasteiger partial charge in [0.15, 0.2) is 0 Å². The van der Waals surface area contributed by atoms with E-state index in [9.17, 15) is 4.79 Å². The zero-order valence-corrected chi connectivity index (χ0v) is 11.0. The summed E-state index contributed by atoms with van der Waals surface area (Å²) in [5.74, 6) is 0.696. The van der Waals surface area contributed by atoms with Crippen LogP contribution < -0.4 is 10.1 Å². The van der Waals surface area contributed by atoms with E-state index < -0.39 is 0 Å². The Morgan fingerprint density at radius 2 is 2.22 bits per heavy atom. The first-order valence-corrected chi connectivity index (χ1v) is 6.29. The lowest BCUT2D eigenvalue weighted by atomic mass is 10.1. The number of aliphatic hydroxyl groups is 1. The van der Waals surface area contributed by atoms with E-state index in [2.05, 4.69) is 12.2 Å². The number of aliphatic hydroxyl groups excluding tert-OH is 1. The number of carbonyl (C=O) groups is 1. The van der Waals surface area contributed by atoms with E-state index in [1.165, 1.54) is 0 Å². The molecule has 0 aliphatic rings. The highest BCUT2D eigenvalue weighted by Crippen LogP contribution is 2.27.